The van der Waals surface area contributed by atoms with Crippen LogP contribution in [-0.4, -0.2) is 28.0 Å². The molecule has 2 aromatic carbocycles. The lowest BCUT2D eigenvalue weighted by Gasteiger charge is -2.11. The molecule has 0 spiro atoms. The predicted molar refractivity (Wildman–Crippen MR) is 88.0 cm³/mol. The fraction of sp³-hybridized carbons (Fsp3) is 0.188. The molecule has 0 unspecified atom stereocenters. The molecule has 2 N–H and O–H groups in total. The lowest BCUT2D eigenvalue weighted by Crippen LogP contribution is -2.22. The Morgan fingerprint density at radius 3 is 2.48 bits per heavy atom. The second kappa shape index (κ2) is 7.26. The van der Waals surface area contributed by atoms with Gasteiger partial charge in [0.1, 0.15) is 5.75 Å². The molecule has 1 amide bonds. The van der Waals surface area contributed by atoms with Crippen molar-refractivity contribution in [3.05, 3.63) is 54.1 Å². The molecule has 6 nitrogen and oxygen atoms in total. The number of benzene rings is 2. The highest BCUT2D eigenvalue weighted by Crippen LogP contribution is 2.20. The van der Waals surface area contributed by atoms with Crippen molar-refractivity contribution < 1.29 is 17.9 Å². The van der Waals surface area contributed by atoms with Crippen LogP contribution in [0.1, 0.15) is 5.56 Å². The normalized spacial score (nSPS) is 11.0. The topological polar surface area (TPSA) is 84.5 Å². The number of ether oxygens (including phenoxy) is 1. The van der Waals surface area contributed by atoms with E-state index in [1.807, 2.05) is 18.2 Å². The maximum Gasteiger partial charge on any atom is 0.262 e. The fourth-order valence-electron chi connectivity index (χ4n) is 1.87. The Labute approximate surface area is 135 Å². The second-order valence-corrected chi connectivity index (χ2v) is 6.72. The molecular formula is C16H18N2O4S. The third kappa shape index (κ3) is 4.54. The average molecular weight is 334 g/mol. The number of anilines is 1. The summed E-state index contributed by atoms with van der Waals surface area (Å²) >= 11 is 0. The Hall–Kier alpha value is -2.38. The van der Waals surface area contributed by atoms with Crippen LogP contribution in [-0.2, 0) is 14.8 Å². The highest BCUT2D eigenvalue weighted by molar-refractivity contribution is 7.89. The highest BCUT2D eigenvalue weighted by Gasteiger charge is 2.14. The molecular weight excluding hydrogens is 316 g/mol. The van der Waals surface area contributed by atoms with Crippen LogP contribution in [0.25, 0.3) is 0 Å². The SMILES string of the molecule is CNS(=O)(=O)c1ccc(C)c(NC(=O)COc2ccccc2)c1. The second-order valence-electron chi connectivity index (χ2n) is 4.83. The van der Waals surface area contributed by atoms with Gasteiger partial charge in [-0.3, -0.25) is 4.79 Å². The molecule has 0 aliphatic heterocycles. The van der Waals surface area contributed by atoms with Crippen molar-refractivity contribution in [2.75, 3.05) is 19.0 Å². The Kier molecular flexibility index (Phi) is 5.36. The van der Waals surface area contributed by atoms with Crippen LogP contribution in [0.5, 0.6) is 5.75 Å². The molecule has 0 heterocycles. The van der Waals surface area contributed by atoms with Gasteiger partial charge in [-0.1, -0.05) is 24.3 Å². The molecule has 23 heavy (non-hydrogen) atoms. The minimum absolute atomic E-state index is 0.0878. The average Bonchev–Trinajstić information content (AvgIpc) is 2.56. The molecule has 2 rings (SSSR count). The molecule has 0 aliphatic carbocycles. The summed E-state index contributed by atoms with van der Waals surface area (Å²) in [7, 11) is -2.23. The summed E-state index contributed by atoms with van der Waals surface area (Å²) in [5.41, 5.74) is 1.19. The first-order valence-electron chi connectivity index (χ1n) is 6.94. The van der Waals surface area contributed by atoms with Gasteiger partial charge < -0.3 is 10.1 Å². The molecule has 0 radical (unpaired) electrons. The first-order chi connectivity index (χ1) is 10.9. The lowest BCUT2D eigenvalue weighted by atomic mass is 10.2. The summed E-state index contributed by atoms with van der Waals surface area (Å²) in [6, 6.07) is 13.5. The van der Waals surface area contributed by atoms with Gasteiger partial charge >= 0.3 is 0 Å². The molecule has 0 atom stereocenters. The number of hydrogen-bond acceptors (Lipinski definition) is 4. The third-order valence-electron chi connectivity index (χ3n) is 3.18. The molecule has 122 valence electrons. The zero-order chi connectivity index (χ0) is 16.9. The number of sulfonamides is 1. The van der Waals surface area contributed by atoms with E-state index in [2.05, 4.69) is 10.0 Å². The van der Waals surface area contributed by atoms with Crippen molar-refractivity contribution in [2.24, 2.45) is 0 Å². The third-order valence-corrected chi connectivity index (χ3v) is 4.59. The molecule has 0 aliphatic rings. The van der Waals surface area contributed by atoms with E-state index in [0.29, 0.717) is 11.4 Å². The van der Waals surface area contributed by atoms with E-state index in [4.69, 9.17) is 4.74 Å². The van der Waals surface area contributed by atoms with Gasteiger partial charge in [0.05, 0.1) is 4.90 Å². The summed E-state index contributed by atoms with van der Waals surface area (Å²) in [6.45, 7) is 1.62. The number of nitrogens with one attached hydrogen (secondary N) is 2. The highest BCUT2D eigenvalue weighted by atomic mass is 32.2. The van der Waals surface area contributed by atoms with Gasteiger partial charge in [0, 0.05) is 5.69 Å². The molecule has 2 aromatic rings. The van der Waals surface area contributed by atoms with Crippen LogP contribution in [0.4, 0.5) is 5.69 Å². The largest absolute Gasteiger partial charge is 0.484 e. The van der Waals surface area contributed by atoms with Crippen LogP contribution in [0.15, 0.2) is 53.4 Å². The van der Waals surface area contributed by atoms with E-state index in [9.17, 15) is 13.2 Å². The zero-order valence-electron chi connectivity index (χ0n) is 12.9. The Morgan fingerprint density at radius 2 is 1.83 bits per heavy atom. The zero-order valence-corrected chi connectivity index (χ0v) is 13.7. The van der Waals surface area contributed by atoms with E-state index < -0.39 is 10.0 Å². The quantitative estimate of drug-likeness (QED) is 0.845. The summed E-state index contributed by atoms with van der Waals surface area (Å²) in [5, 5.41) is 2.66. The van der Waals surface area contributed by atoms with Crippen LogP contribution in [0, 0.1) is 6.92 Å². The number of carbonyl (C=O) groups excluding carboxylic acids is 1. The van der Waals surface area contributed by atoms with Crippen molar-refractivity contribution in [1.82, 2.24) is 4.72 Å². The number of hydrogen-bond donors (Lipinski definition) is 2. The van der Waals surface area contributed by atoms with Gasteiger partial charge in [-0.2, -0.15) is 0 Å². The van der Waals surface area contributed by atoms with Crippen LogP contribution in [0.2, 0.25) is 0 Å². The monoisotopic (exact) mass is 334 g/mol. The summed E-state index contributed by atoms with van der Waals surface area (Å²) in [5.74, 6) is 0.224. The number of rotatable bonds is 6. The summed E-state index contributed by atoms with van der Waals surface area (Å²) in [4.78, 5) is 12.1. The van der Waals surface area contributed by atoms with Crippen molar-refractivity contribution in [2.45, 2.75) is 11.8 Å². The molecule has 7 heteroatoms. The molecule has 0 saturated carbocycles. The van der Waals surface area contributed by atoms with Crippen molar-refractivity contribution in [3.63, 3.8) is 0 Å². The lowest BCUT2D eigenvalue weighted by molar-refractivity contribution is -0.118. The standard InChI is InChI=1S/C16H18N2O4S/c1-12-8-9-14(23(20,21)17-2)10-15(12)18-16(19)11-22-13-6-4-3-5-7-13/h3-10,17H,11H2,1-2H3,(H,18,19). The van der Waals surface area contributed by atoms with Gasteiger partial charge in [-0.15, -0.1) is 0 Å². The van der Waals surface area contributed by atoms with Crippen LogP contribution < -0.4 is 14.8 Å². The predicted octanol–water partition coefficient (Wildman–Crippen LogP) is 1.92. The van der Waals surface area contributed by atoms with E-state index in [1.165, 1.54) is 19.2 Å². The number of aryl methyl sites for hydroxylation is 1. The van der Waals surface area contributed by atoms with Gasteiger partial charge in [-0.25, -0.2) is 13.1 Å². The Bertz CT molecular complexity index is 789. The Balaban J connectivity index is 2.07. The van der Waals surface area contributed by atoms with E-state index >= 15 is 0 Å². The molecule has 0 bridgehead atoms. The van der Waals surface area contributed by atoms with Gasteiger partial charge in [0.2, 0.25) is 10.0 Å². The van der Waals surface area contributed by atoms with E-state index in [0.717, 1.165) is 5.56 Å². The van der Waals surface area contributed by atoms with Gasteiger partial charge in [-0.05, 0) is 43.8 Å². The number of para-hydroxylation sites is 1. The molecule has 0 aromatic heterocycles. The minimum Gasteiger partial charge on any atom is -0.484 e. The van der Waals surface area contributed by atoms with Gasteiger partial charge in [0.25, 0.3) is 5.91 Å². The maximum atomic E-state index is 12.0. The first-order valence-corrected chi connectivity index (χ1v) is 8.42. The summed E-state index contributed by atoms with van der Waals surface area (Å²) < 4.78 is 31.2. The van der Waals surface area contributed by atoms with Crippen molar-refractivity contribution in [3.8, 4) is 5.75 Å². The van der Waals surface area contributed by atoms with Crippen LogP contribution in [0.3, 0.4) is 0 Å². The van der Waals surface area contributed by atoms with Gasteiger partial charge in [0.15, 0.2) is 6.61 Å². The van der Waals surface area contributed by atoms with Crippen LogP contribution >= 0.6 is 0 Å². The maximum absolute atomic E-state index is 12.0. The van der Waals surface area contributed by atoms with Crippen molar-refractivity contribution in [1.29, 1.82) is 0 Å². The first kappa shape index (κ1) is 17.0. The fourth-order valence-corrected chi connectivity index (χ4v) is 2.63. The van der Waals surface area contributed by atoms with Crippen molar-refractivity contribution >= 4 is 21.6 Å². The number of amides is 1. The minimum atomic E-state index is -3.56. The Morgan fingerprint density at radius 1 is 1.13 bits per heavy atom. The number of carbonyl (C=O) groups is 1. The smallest absolute Gasteiger partial charge is 0.262 e. The van der Waals surface area contributed by atoms with E-state index in [-0.39, 0.29) is 17.4 Å². The summed E-state index contributed by atoms with van der Waals surface area (Å²) in [6.07, 6.45) is 0. The molecule has 0 saturated heterocycles. The molecule has 0 fully saturated rings. The van der Waals surface area contributed by atoms with E-state index in [1.54, 1.807) is 25.1 Å².